The fourth-order valence-corrected chi connectivity index (χ4v) is 3.52. The first-order valence-electron chi connectivity index (χ1n) is 9.23. The highest BCUT2D eigenvalue weighted by Crippen LogP contribution is 2.38. The lowest BCUT2D eigenvalue weighted by Crippen LogP contribution is -2.42. The highest BCUT2D eigenvalue weighted by Gasteiger charge is 2.48. The van der Waals surface area contributed by atoms with E-state index in [9.17, 15) is 4.79 Å². The van der Waals surface area contributed by atoms with Crippen molar-refractivity contribution in [2.24, 2.45) is 0 Å². The van der Waals surface area contributed by atoms with Gasteiger partial charge < -0.3 is 4.90 Å². The van der Waals surface area contributed by atoms with E-state index in [0.717, 1.165) is 37.1 Å². The minimum atomic E-state index is -0.256. The molecule has 2 heterocycles. The summed E-state index contributed by atoms with van der Waals surface area (Å²) < 4.78 is 1.19. The summed E-state index contributed by atoms with van der Waals surface area (Å²) in [6.07, 6.45) is 8.56. The van der Waals surface area contributed by atoms with Crippen LogP contribution in [-0.4, -0.2) is 23.9 Å². The van der Waals surface area contributed by atoms with Crippen LogP contribution in [-0.2, 0) is 5.66 Å². The molecule has 1 fully saturated rings. The third kappa shape index (κ3) is 5.05. The van der Waals surface area contributed by atoms with Crippen LogP contribution < -0.4 is 5.32 Å². The number of amides is 1. The maximum Gasteiger partial charge on any atom is 0.256 e. The van der Waals surface area contributed by atoms with Gasteiger partial charge in [0.05, 0.1) is 0 Å². The van der Waals surface area contributed by atoms with Crippen molar-refractivity contribution < 1.29 is 4.79 Å². The van der Waals surface area contributed by atoms with Gasteiger partial charge in [0, 0.05) is 28.7 Å². The molecule has 0 saturated carbocycles. The Kier molecular flexibility index (Phi) is 9.15. The van der Waals surface area contributed by atoms with Crippen molar-refractivity contribution in [3.05, 3.63) is 58.1 Å². The second-order valence-electron chi connectivity index (χ2n) is 5.81. The Morgan fingerprint density at radius 1 is 1.28 bits per heavy atom. The molecule has 2 aliphatic heterocycles. The second kappa shape index (κ2) is 10.6. The molecule has 0 bridgehead atoms. The molecule has 1 N–H and O–H groups in total. The number of nitrogens with zero attached hydrogens (tertiary/aromatic N) is 1. The predicted molar refractivity (Wildman–Crippen MR) is 111 cm³/mol. The van der Waals surface area contributed by atoms with Crippen molar-refractivity contribution in [1.29, 1.82) is 0 Å². The standard InChI is InChI=1S/C11H12N2O.C8H13Br.C2H6/c1-11-9-5-3-2-4-8(9)10(14)13(11)7-6-12-11;1-3-5-7-8(9)6-4-2;1-2/h2-5,12H,6-7H2,1H3;5-7H,3-4H2,1-2H3;1-2H3/b;7-5-,8-6+;. The summed E-state index contributed by atoms with van der Waals surface area (Å²) in [6.45, 7) is 12.0. The van der Waals surface area contributed by atoms with Crippen molar-refractivity contribution in [2.45, 2.75) is 53.1 Å². The number of benzene rings is 1. The average molecular weight is 407 g/mol. The third-order valence-electron chi connectivity index (χ3n) is 4.18. The average Bonchev–Trinajstić information content (AvgIpc) is 3.12. The van der Waals surface area contributed by atoms with Crippen LogP contribution in [0.3, 0.4) is 0 Å². The Balaban J connectivity index is 0.000000250. The van der Waals surface area contributed by atoms with Gasteiger partial charge in [-0.25, -0.2) is 0 Å². The van der Waals surface area contributed by atoms with Gasteiger partial charge >= 0.3 is 0 Å². The molecule has 0 aliphatic carbocycles. The summed E-state index contributed by atoms with van der Waals surface area (Å²) in [7, 11) is 0. The lowest BCUT2D eigenvalue weighted by atomic mass is 10.0. The summed E-state index contributed by atoms with van der Waals surface area (Å²) in [6, 6.07) is 7.84. The largest absolute Gasteiger partial charge is 0.315 e. The summed E-state index contributed by atoms with van der Waals surface area (Å²) >= 11 is 3.41. The van der Waals surface area contributed by atoms with Crippen LogP contribution in [0.15, 0.2) is 47.0 Å². The quantitative estimate of drug-likeness (QED) is 0.663. The zero-order chi connectivity index (χ0) is 18.9. The van der Waals surface area contributed by atoms with Crippen molar-refractivity contribution in [1.82, 2.24) is 10.2 Å². The van der Waals surface area contributed by atoms with Crippen molar-refractivity contribution in [2.75, 3.05) is 13.1 Å². The Labute approximate surface area is 161 Å². The molecule has 2 aliphatic rings. The molecule has 0 aromatic heterocycles. The molecule has 138 valence electrons. The molecule has 3 nitrogen and oxygen atoms in total. The van der Waals surface area contributed by atoms with E-state index in [1.54, 1.807) is 0 Å². The predicted octanol–water partition coefficient (Wildman–Crippen LogP) is 5.59. The zero-order valence-corrected chi connectivity index (χ0v) is 17.7. The molecule has 0 radical (unpaired) electrons. The second-order valence-corrected chi connectivity index (χ2v) is 6.72. The smallest absolute Gasteiger partial charge is 0.256 e. The van der Waals surface area contributed by atoms with Crippen LogP contribution in [0.25, 0.3) is 0 Å². The van der Waals surface area contributed by atoms with Crippen LogP contribution in [0.4, 0.5) is 0 Å². The molecular formula is C21H31BrN2O. The first kappa shape index (κ1) is 21.7. The van der Waals surface area contributed by atoms with Crippen molar-refractivity contribution >= 4 is 21.8 Å². The highest BCUT2D eigenvalue weighted by molar-refractivity contribution is 9.11. The fourth-order valence-electron chi connectivity index (χ4n) is 3.01. The van der Waals surface area contributed by atoms with E-state index >= 15 is 0 Å². The molecule has 1 atom stereocenters. The van der Waals surface area contributed by atoms with Gasteiger partial charge in [0.15, 0.2) is 0 Å². The normalized spacial score (nSPS) is 21.3. The maximum absolute atomic E-state index is 12.0. The fraction of sp³-hybridized carbons (Fsp3) is 0.476. The molecule has 1 saturated heterocycles. The molecule has 1 aromatic carbocycles. The van der Waals surface area contributed by atoms with Gasteiger partial charge in [-0.05, 0) is 25.8 Å². The number of nitrogens with one attached hydrogen (secondary N) is 1. The highest BCUT2D eigenvalue weighted by atomic mass is 79.9. The van der Waals surface area contributed by atoms with Gasteiger partial charge in [-0.1, -0.05) is 80.1 Å². The molecule has 4 heteroatoms. The third-order valence-corrected chi connectivity index (χ3v) is 4.77. The monoisotopic (exact) mass is 406 g/mol. The van der Waals surface area contributed by atoms with Crippen LogP contribution in [0.5, 0.6) is 0 Å². The van der Waals surface area contributed by atoms with E-state index < -0.39 is 0 Å². The molecule has 1 amide bonds. The lowest BCUT2D eigenvalue weighted by molar-refractivity contribution is 0.0665. The SMILES string of the molecule is CC.CC/C=C\C(Br)=C/CC.CC12NCCN1C(=O)c1ccccc12. The molecule has 0 spiro atoms. The molecule has 3 rings (SSSR count). The maximum atomic E-state index is 12.0. The van der Waals surface area contributed by atoms with E-state index in [4.69, 9.17) is 0 Å². The molecular weight excluding hydrogens is 376 g/mol. The minimum Gasteiger partial charge on any atom is -0.315 e. The minimum absolute atomic E-state index is 0.160. The topological polar surface area (TPSA) is 32.3 Å². The van der Waals surface area contributed by atoms with Crippen LogP contribution >= 0.6 is 15.9 Å². The molecule has 1 aromatic rings. The van der Waals surface area contributed by atoms with Gasteiger partial charge in [-0.2, -0.15) is 0 Å². The Morgan fingerprint density at radius 2 is 1.96 bits per heavy atom. The Hall–Kier alpha value is -1.39. The van der Waals surface area contributed by atoms with Gasteiger partial charge in [-0.15, -0.1) is 0 Å². The number of hydrogen-bond acceptors (Lipinski definition) is 2. The first-order chi connectivity index (χ1) is 12.0. The van der Waals surface area contributed by atoms with E-state index in [2.05, 4.69) is 60.2 Å². The van der Waals surface area contributed by atoms with Crippen LogP contribution in [0.2, 0.25) is 0 Å². The van der Waals surface area contributed by atoms with E-state index in [1.807, 2.05) is 43.0 Å². The lowest BCUT2D eigenvalue weighted by Gasteiger charge is -2.28. The molecule has 25 heavy (non-hydrogen) atoms. The number of fused-ring (bicyclic) bond motifs is 3. The van der Waals surface area contributed by atoms with E-state index in [1.165, 1.54) is 4.48 Å². The number of carbonyl (C=O) groups excluding carboxylic acids is 1. The van der Waals surface area contributed by atoms with Gasteiger partial charge in [0.1, 0.15) is 5.66 Å². The van der Waals surface area contributed by atoms with Crippen molar-refractivity contribution in [3.8, 4) is 0 Å². The Bertz CT molecular complexity index is 624. The summed E-state index contributed by atoms with van der Waals surface area (Å²) in [5, 5.41) is 3.39. The van der Waals surface area contributed by atoms with Crippen molar-refractivity contribution in [3.63, 3.8) is 0 Å². The summed E-state index contributed by atoms with van der Waals surface area (Å²) in [4.78, 5) is 13.9. The van der Waals surface area contributed by atoms with E-state index in [-0.39, 0.29) is 11.6 Å². The van der Waals surface area contributed by atoms with E-state index in [0.29, 0.717) is 0 Å². The summed E-state index contributed by atoms with van der Waals surface area (Å²) in [5.41, 5.74) is 1.71. The van der Waals surface area contributed by atoms with Crippen LogP contribution in [0, 0.1) is 0 Å². The van der Waals surface area contributed by atoms with Gasteiger partial charge in [0.2, 0.25) is 0 Å². The zero-order valence-electron chi connectivity index (χ0n) is 16.1. The number of carbonyl (C=O) groups is 1. The Morgan fingerprint density at radius 3 is 2.60 bits per heavy atom. The molecule has 1 unspecified atom stereocenters. The van der Waals surface area contributed by atoms with Gasteiger partial charge in [0.25, 0.3) is 5.91 Å². The number of halogens is 1. The summed E-state index contributed by atoms with van der Waals surface area (Å²) in [5.74, 6) is 0.160. The number of hydrogen-bond donors (Lipinski definition) is 1. The number of rotatable bonds is 3. The van der Waals surface area contributed by atoms with Crippen LogP contribution in [0.1, 0.15) is 63.4 Å². The first-order valence-corrected chi connectivity index (χ1v) is 10.0. The van der Waals surface area contributed by atoms with Gasteiger partial charge in [-0.3, -0.25) is 10.1 Å². The number of allylic oxidation sites excluding steroid dienone is 4.